The van der Waals surface area contributed by atoms with Crippen molar-refractivity contribution in [2.24, 2.45) is 0 Å². The number of alkyl halides is 10. The average molecular weight is 599 g/mol. The first-order valence-electron chi connectivity index (χ1n) is 11.7. The van der Waals surface area contributed by atoms with Crippen molar-refractivity contribution >= 4 is 5.91 Å². The summed E-state index contributed by atoms with van der Waals surface area (Å²) in [4.78, 5) is 12.8. The van der Waals surface area contributed by atoms with Crippen LogP contribution in [-0.4, -0.2) is 24.6 Å². The number of rotatable bonds is 10. The highest BCUT2D eigenvalue weighted by Crippen LogP contribution is 2.39. The number of carbonyl (C=O) groups excluding carboxylic acids is 1. The summed E-state index contributed by atoms with van der Waals surface area (Å²) in [6.45, 7) is 0. The van der Waals surface area contributed by atoms with E-state index in [1.165, 1.54) is 24.3 Å². The highest BCUT2D eigenvalue weighted by Gasteiger charge is 2.45. The quantitative estimate of drug-likeness (QED) is 0.240. The normalized spacial score (nSPS) is 14.0. The van der Waals surface area contributed by atoms with Gasteiger partial charge in [0.05, 0.1) is 17.5 Å². The number of hydrogen-bond donors (Lipinski definition) is 1. The van der Waals surface area contributed by atoms with Crippen LogP contribution in [0.1, 0.15) is 35.1 Å². The largest absolute Gasteiger partial charge is 0.461 e. The Morgan fingerprint density at radius 3 is 1.90 bits per heavy atom. The van der Waals surface area contributed by atoms with E-state index in [9.17, 15) is 53.1 Å². The van der Waals surface area contributed by atoms with E-state index in [0.29, 0.717) is 35.9 Å². The Balaban J connectivity index is 2.26. The first-order chi connectivity index (χ1) is 18.9. The maximum atomic E-state index is 14.7. The summed E-state index contributed by atoms with van der Waals surface area (Å²) >= 11 is 0. The van der Waals surface area contributed by atoms with E-state index in [0.717, 1.165) is 12.1 Å². The van der Waals surface area contributed by atoms with E-state index in [2.05, 4.69) is 10.1 Å². The topological polar surface area (TPSA) is 38.3 Å². The van der Waals surface area contributed by atoms with Crippen molar-refractivity contribution in [3.8, 4) is 5.75 Å². The van der Waals surface area contributed by atoms with E-state index in [1.807, 2.05) is 0 Å². The molecule has 0 spiro atoms. The van der Waals surface area contributed by atoms with Crippen LogP contribution in [0.15, 0.2) is 72.8 Å². The number of benzene rings is 3. The molecule has 0 bridgehead atoms. The lowest BCUT2D eigenvalue weighted by Gasteiger charge is -2.37. The van der Waals surface area contributed by atoms with Gasteiger partial charge in [0.25, 0.3) is 0 Å². The highest BCUT2D eigenvalue weighted by molar-refractivity contribution is 5.78. The fourth-order valence-electron chi connectivity index (χ4n) is 4.03. The van der Waals surface area contributed by atoms with Gasteiger partial charge >= 0.3 is 24.9 Å². The van der Waals surface area contributed by atoms with Crippen LogP contribution in [0, 0.1) is 5.82 Å². The minimum Gasteiger partial charge on any atom is -0.428 e. The molecule has 0 saturated heterocycles. The first kappa shape index (κ1) is 31.7. The van der Waals surface area contributed by atoms with Gasteiger partial charge in [-0.2, -0.15) is 43.9 Å². The van der Waals surface area contributed by atoms with Gasteiger partial charge in [0.2, 0.25) is 5.91 Å². The van der Waals surface area contributed by atoms with Gasteiger partial charge in [-0.05, 0) is 41.0 Å². The Hall–Kier alpha value is -3.84. The van der Waals surface area contributed by atoms with E-state index in [1.54, 1.807) is 6.07 Å². The van der Waals surface area contributed by atoms with Gasteiger partial charge in [-0.1, -0.05) is 42.5 Å². The van der Waals surface area contributed by atoms with Crippen LogP contribution >= 0.6 is 0 Å². The summed E-state index contributed by atoms with van der Waals surface area (Å²) in [5.74, 6) is -3.75. The van der Waals surface area contributed by atoms with Crippen LogP contribution in [0.4, 0.5) is 48.3 Å². The summed E-state index contributed by atoms with van der Waals surface area (Å²) in [6, 6.07) is 12.1. The smallest absolute Gasteiger partial charge is 0.428 e. The number of amides is 1. The van der Waals surface area contributed by atoms with Gasteiger partial charge in [-0.15, -0.1) is 0 Å². The van der Waals surface area contributed by atoms with Crippen molar-refractivity contribution in [1.29, 1.82) is 0 Å². The molecule has 0 radical (unpaired) electrons. The summed E-state index contributed by atoms with van der Waals surface area (Å²) in [5, 5.41) is 2.30. The lowest BCUT2D eigenvalue weighted by Crippen LogP contribution is -2.49. The molecule has 3 rings (SSSR count). The third-order valence-corrected chi connectivity index (χ3v) is 5.88. The van der Waals surface area contributed by atoms with Gasteiger partial charge in [0.1, 0.15) is 11.6 Å². The van der Waals surface area contributed by atoms with Crippen LogP contribution in [0.25, 0.3) is 0 Å². The van der Waals surface area contributed by atoms with E-state index < -0.39 is 78.3 Å². The Labute approximate surface area is 225 Å². The number of carbonyl (C=O) groups is 1. The van der Waals surface area contributed by atoms with Crippen molar-refractivity contribution in [3.05, 3.63) is 101 Å². The number of hydrogen-bond acceptors (Lipinski definition) is 2. The van der Waals surface area contributed by atoms with E-state index in [4.69, 9.17) is 0 Å². The van der Waals surface area contributed by atoms with Crippen LogP contribution in [0.5, 0.6) is 5.75 Å². The van der Waals surface area contributed by atoms with E-state index >= 15 is 0 Å². The molecular weight excluding hydrogens is 579 g/mol. The molecule has 14 heteroatoms. The highest BCUT2D eigenvalue weighted by atomic mass is 19.4. The second-order valence-corrected chi connectivity index (χ2v) is 8.95. The predicted molar refractivity (Wildman–Crippen MR) is 124 cm³/mol. The summed E-state index contributed by atoms with van der Waals surface area (Å²) in [6.07, 6.45) is -22.2. The van der Waals surface area contributed by atoms with E-state index in [-0.39, 0.29) is 5.56 Å². The molecule has 41 heavy (non-hydrogen) atoms. The Bertz CT molecular complexity index is 1320. The standard InChI is InChI=1S/C27H20F11NO2/c28-20-12-19(13-21(14-20)41-27(37,38)23(29)30)24(15-16-4-2-1-3-5-16,39-22(40)10-11-25(31,32)33)17-6-8-18(9-7-17)26(34,35)36/h1-9,12-14,23H,10-11,15H2,(H,39,40)/t24-/m1/s1. The van der Waals surface area contributed by atoms with Gasteiger partial charge in [0.15, 0.2) is 0 Å². The Morgan fingerprint density at radius 1 is 0.780 bits per heavy atom. The fourth-order valence-corrected chi connectivity index (χ4v) is 4.03. The predicted octanol–water partition coefficient (Wildman–Crippen LogP) is 8.03. The fraction of sp³-hybridized carbons (Fsp3) is 0.296. The summed E-state index contributed by atoms with van der Waals surface area (Å²) in [7, 11) is 0. The summed E-state index contributed by atoms with van der Waals surface area (Å²) < 4.78 is 150. The van der Waals surface area contributed by atoms with Crippen LogP contribution in [-0.2, 0) is 22.9 Å². The molecule has 0 fully saturated rings. The maximum absolute atomic E-state index is 14.7. The maximum Gasteiger partial charge on any atom is 0.461 e. The van der Waals surface area contributed by atoms with Crippen LogP contribution in [0.2, 0.25) is 0 Å². The molecule has 1 atom stereocenters. The monoisotopic (exact) mass is 599 g/mol. The third-order valence-electron chi connectivity index (χ3n) is 5.88. The minimum absolute atomic E-state index is 0.216. The van der Waals surface area contributed by atoms with Crippen molar-refractivity contribution < 1.29 is 57.8 Å². The minimum atomic E-state index is -5.09. The molecule has 0 unspecified atom stereocenters. The summed E-state index contributed by atoms with van der Waals surface area (Å²) in [5.41, 5.74) is -3.70. The molecule has 0 aliphatic rings. The molecule has 0 saturated carbocycles. The molecule has 1 amide bonds. The number of nitrogens with one attached hydrogen (secondary N) is 1. The second kappa shape index (κ2) is 12.0. The zero-order chi connectivity index (χ0) is 30.6. The molecular formula is C27H20F11NO2. The zero-order valence-corrected chi connectivity index (χ0v) is 20.6. The van der Waals surface area contributed by atoms with Gasteiger partial charge in [-0.3, -0.25) is 4.79 Å². The van der Waals surface area contributed by atoms with Crippen LogP contribution < -0.4 is 10.1 Å². The zero-order valence-electron chi connectivity index (χ0n) is 20.6. The van der Waals surface area contributed by atoms with Gasteiger partial charge < -0.3 is 10.1 Å². The molecule has 1 N–H and O–H groups in total. The Kier molecular flexibility index (Phi) is 9.24. The van der Waals surface area contributed by atoms with Crippen molar-refractivity contribution in [2.45, 2.75) is 49.7 Å². The molecule has 3 aromatic rings. The SMILES string of the molecule is O=C(CCC(F)(F)F)N[C@](Cc1ccccc1)(c1ccc(C(F)(F)F)cc1)c1cc(F)cc(OC(F)(F)C(F)F)c1. The van der Waals surface area contributed by atoms with Gasteiger partial charge in [-0.25, -0.2) is 4.39 Å². The molecule has 0 aliphatic carbocycles. The molecule has 3 nitrogen and oxygen atoms in total. The first-order valence-corrected chi connectivity index (χ1v) is 11.7. The molecule has 3 aromatic carbocycles. The van der Waals surface area contributed by atoms with Crippen molar-refractivity contribution in [3.63, 3.8) is 0 Å². The van der Waals surface area contributed by atoms with Crippen molar-refractivity contribution in [2.75, 3.05) is 0 Å². The third kappa shape index (κ3) is 8.33. The molecule has 0 aliphatic heterocycles. The number of halogens is 11. The molecule has 0 aromatic heterocycles. The molecule has 0 heterocycles. The molecule has 222 valence electrons. The van der Waals surface area contributed by atoms with Crippen LogP contribution in [0.3, 0.4) is 0 Å². The lowest BCUT2D eigenvalue weighted by molar-refractivity contribution is -0.253. The Morgan fingerprint density at radius 2 is 1.37 bits per heavy atom. The average Bonchev–Trinajstić information content (AvgIpc) is 2.86. The van der Waals surface area contributed by atoms with Gasteiger partial charge in [0, 0.05) is 18.9 Å². The second-order valence-electron chi connectivity index (χ2n) is 8.95. The lowest BCUT2D eigenvalue weighted by atomic mass is 9.77. The van der Waals surface area contributed by atoms with Crippen molar-refractivity contribution in [1.82, 2.24) is 5.32 Å². The number of ether oxygens (including phenoxy) is 1.